The van der Waals surface area contributed by atoms with Gasteiger partial charge >= 0.3 is 0 Å². The van der Waals surface area contributed by atoms with Crippen LogP contribution in [0.5, 0.6) is 5.88 Å². The van der Waals surface area contributed by atoms with Crippen LogP contribution in [0.15, 0.2) is 54.6 Å². The summed E-state index contributed by atoms with van der Waals surface area (Å²) in [7, 11) is 0. The molecule has 0 saturated carbocycles. The molecule has 2 aliphatic rings. The lowest BCUT2D eigenvalue weighted by Gasteiger charge is -2.27. The van der Waals surface area contributed by atoms with Crippen LogP contribution in [-0.2, 0) is 13.0 Å². The van der Waals surface area contributed by atoms with Crippen LogP contribution >= 0.6 is 0 Å². The number of likely N-dealkylation sites (tertiary alicyclic amines) is 1. The topological polar surface area (TPSA) is 90.3 Å². The molecule has 3 heterocycles. The van der Waals surface area contributed by atoms with Crippen molar-refractivity contribution in [3.63, 3.8) is 0 Å². The number of anilines is 2. The van der Waals surface area contributed by atoms with Crippen molar-refractivity contribution >= 4 is 11.8 Å². The number of nitrogen functional groups attached to an aromatic ring is 2. The van der Waals surface area contributed by atoms with Crippen molar-refractivity contribution < 1.29 is 4.74 Å². The van der Waals surface area contributed by atoms with Gasteiger partial charge in [0.2, 0.25) is 11.8 Å². The predicted octanol–water partition coefficient (Wildman–Crippen LogP) is 3.67. The average molecular weight is 402 g/mol. The van der Waals surface area contributed by atoms with Crippen LogP contribution in [-0.4, -0.2) is 33.6 Å². The van der Waals surface area contributed by atoms with Crippen molar-refractivity contribution in [2.24, 2.45) is 0 Å². The molecular weight excluding hydrogens is 374 g/mol. The number of nitrogens with zero attached hydrogens (tertiary/aromatic N) is 3. The molecule has 0 unspecified atom stereocenters. The Morgan fingerprint density at radius 2 is 1.67 bits per heavy atom. The van der Waals surface area contributed by atoms with Crippen LogP contribution in [0.25, 0.3) is 11.1 Å². The number of nitrogens with two attached hydrogens (primary N) is 2. The summed E-state index contributed by atoms with van der Waals surface area (Å²) >= 11 is 0. The van der Waals surface area contributed by atoms with Crippen LogP contribution in [0, 0.1) is 0 Å². The SMILES string of the molecule is Nc1nc(N)c2c(n1)O[C@@]1(CCCN(Cc3ccc(-c4ccccc4)cc3)CC1)C2. The van der Waals surface area contributed by atoms with Gasteiger partial charge in [-0.25, -0.2) is 0 Å². The van der Waals surface area contributed by atoms with Gasteiger partial charge in [0.15, 0.2) is 0 Å². The van der Waals surface area contributed by atoms with E-state index in [2.05, 4.69) is 63.4 Å². The lowest BCUT2D eigenvalue weighted by molar-refractivity contribution is 0.0728. The van der Waals surface area contributed by atoms with E-state index in [0.29, 0.717) is 11.7 Å². The summed E-state index contributed by atoms with van der Waals surface area (Å²) in [6, 6.07) is 19.4. The third-order valence-electron chi connectivity index (χ3n) is 6.29. The summed E-state index contributed by atoms with van der Waals surface area (Å²) < 4.78 is 6.30. The number of fused-ring (bicyclic) bond motifs is 1. The van der Waals surface area contributed by atoms with E-state index in [4.69, 9.17) is 16.2 Å². The molecule has 1 saturated heterocycles. The first-order chi connectivity index (χ1) is 14.6. The maximum absolute atomic E-state index is 6.30. The Morgan fingerprint density at radius 1 is 0.900 bits per heavy atom. The minimum atomic E-state index is -0.231. The maximum atomic E-state index is 6.30. The lowest BCUT2D eigenvalue weighted by Crippen LogP contribution is -2.36. The van der Waals surface area contributed by atoms with E-state index >= 15 is 0 Å². The van der Waals surface area contributed by atoms with Gasteiger partial charge in [-0.1, -0.05) is 54.6 Å². The van der Waals surface area contributed by atoms with Gasteiger partial charge in [0.1, 0.15) is 11.4 Å². The number of ether oxygens (including phenoxy) is 1. The summed E-state index contributed by atoms with van der Waals surface area (Å²) in [4.78, 5) is 10.9. The lowest BCUT2D eigenvalue weighted by atomic mass is 9.90. The Morgan fingerprint density at radius 3 is 2.47 bits per heavy atom. The maximum Gasteiger partial charge on any atom is 0.225 e. The molecule has 1 spiro atoms. The summed E-state index contributed by atoms with van der Waals surface area (Å²) in [5.74, 6) is 1.21. The summed E-state index contributed by atoms with van der Waals surface area (Å²) in [5.41, 5.74) is 16.3. The number of hydrogen-bond donors (Lipinski definition) is 2. The predicted molar refractivity (Wildman–Crippen MR) is 119 cm³/mol. The van der Waals surface area contributed by atoms with Crippen LogP contribution in [0.2, 0.25) is 0 Å². The van der Waals surface area contributed by atoms with Crippen LogP contribution in [0.1, 0.15) is 30.4 Å². The normalized spacial score (nSPS) is 21.2. The van der Waals surface area contributed by atoms with E-state index in [9.17, 15) is 0 Å². The summed E-state index contributed by atoms with van der Waals surface area (Å²) in [6.07, 6.45) is 3.80. The molecule has 5 rings (SSSR count). The van der Waals surface area contributed by atoms with E-state index in [1.165, 1.54) is 16.7 Å². The molecule has 30 heavy (non-hydrogen) atoms. The van der Waals surface area contributed by atoms with E-state index < -0.39 is 0 Å². The van der Waals surface area contributed by atoms with Crippen molar-refractivity contribution in [1.29, 1.82) is 0 Å². The van der Waals surface area contributed by atoms with Gasteiger partial charge in [-0.05, 0) is 36.1 Å². The number of hydrogen-bond acceptors (Lipinski definition) is 6. The Balaban J connectivity index is 1.24. The zero-order valence-corrected chi connectivity index (χ0v) is 17.1. The zero-order valence-electron chi connectivity index (χ0n) is 17.1. The van der Waals surface area contributed by atoms with Crippen LogP contribution in [0.3, 0.4) is 0 Å². The molecule has 154 valence electrons. The molecule has 1 fully saturated rings. The molecule has 6 heteroatoms. The number of benzene rings is 2. The van der Waals surface area contributed by atoms with Crippen molar-refractivity contribution in [1.82, 2.24) is 14.9 Å². The van der Waals surface area contributed by atoms with Gasteiger partial charge in [0, 0.05) is 25.9 Å². The fourth-order valence-electron chi connectivity index (χ4n) is 4.66. The van der Waals surface area contributed by atoms with Crippen molar-refractivity contribution in [3.8, 4) is 17.0 Å². The molecule has 2 aliphatic heterocycles. The van der Waals surface area contributed by atoms with E-state index in [0.717, 1.165) is 50.9 Å². The van der Waals surface area contributed by atoms with Gasteiger partial charge in [-0.15, -0.1) is 0 Å². The first-order valence-corrected chi connectivity index (χ1v) is 10.6. The van der Waals surface area contributed by atoms with Gasteiger partial charge < -0.3 is 16.2 Å². The molecule has 6 nitrogen and oxygen atoms in total. The second-order valence-corrected chi connectivity index (χ2v) is 8.41. The second kappa shape index (κ2) is 7.61. The monoisotopic (exact) mass is 401 g/mol. The minimum absolute atomic E-state index is 0.178. The highest BCUT2D eigenvalue weighted by Crippen LogP contribution is 2.42. The minimum Gasteiger partial charge on any atom is -0.470 e. The van der Waals surface area contributed by atoms with Gasteiger partial charge in [0.25, 0.3) is 0 Å². The highest BCUT2D eigenvalue weighted by atomic mass is 16.5. The zero-order chi connectivity index (χ0) is 20.6. The Bertz CT molecular complexity index is 1040. The molecule has 3 aromatic rings. The van der Waals surface area contributed by atoms with E-state index in [1.54, 1.807) is 0 Å². The smallest absolute Gasteiger partial charge is 0.225 e. The Hall–Kier alpha value is -3.12. The van der Waals surface area contributed by atoms with Crippen molar-refractivity contribution in [3.05, 3.63) is 65.7 Å². The van der Waals surface area contributed by atoms with Crippen LogP contribution < -0.4 is 16.2 Å². The molecule has 1 atom stereocenters. The van der Waals surface area contributed by atoms with Crippen molar-refractivity contribution in [2.45, 2.75) is 37.8 Å². The largest absolute Gasteiger partial charge is 0.470 e. The first-order valence-electron chi connectivity index (χ1n) is 10.6. The van der Waals surface area contributed by atoms with Gasteiger partial charge in [-0.3, -0.25) is 4.90 Å². The summed E-state index contributed by atoms with van der Waals surface area (Å²) in [6.45, 7) is 3.00. The molecule has 0 amide bonds. The molecule has 0 bridgehead atoms. The molecular formula is C24H27N5O. The van der Waals surface area contributed by atoms with Crippen molar-refractivity contribution in [2.75, 3.05) is 24.6 Å². The first kappa shape index (κ1) is 18.9. The fourth-order valence-corrected chi connectivity index (χ4v) is 4.66. The fraction of sp³-hybridized carbons (Fsp3) is 0.333. The number of aromatic nitrogens is 2. The molecule has 1 aromatic heterocycles. The van der Waals surface area contributed by atoms with Crippen LogP contribution in [0.4, 0.5) is 11.8 Å². The third-order valence-corrected chi connectivity index (χ3v) is 6.29. The third kappa shape index (κ3) is 3.71. The molecule has 4 N–H and O–H groups in total. The van der Waals surface area contributed by atoms with Gasteiger partial charge in [0.05, 0.1) is 5.56 Å². The second-order valence-electron chi connectivity index (χ2n) is 8.41. The highest BCUT2D eigenvalue weighted by molar-refractivity contribution is 5.63. The average Bonchev–Trinajstić information content (AvgIpc) is 3.00. The molecule has 0 aliphatic carbocycles. The standard InChI is InChI=1S/C24H27N5O/c25-21-20-15-24(30-22(20)28-23(26)27-21)11-4-13-29(14-12-24)16-17-7-9-19(10-8-17)18-5-2-1-3-6-18/h1-3,5-10H,4,11-16H2,(H4,25,26,27,28)/t24-/m1/s1. The Labute approximate surface area is 176 Å². The Kier molecular flexibility index (Phi) is 4.79. The van der Waals surface area contributed by atoms with Gasteiger partial charge in [-0.2, -0.15) is 9.97 Å². The van der Waals surface area contributed by atoms with E-state index in [-0.39, 0.29) is 11.5 Å². The summed E-state index contributed by atoms with van der Waals surface area (Å²) in [5, 5.41) is 0. The number of rotatable bonds is 3. The quantitative estimate of drug-likeness (QED) is 0.696. The highest BCUT2D eigenvalue weighted by Gasteiger charge is 2.42. The van der Waals surface area contributed by atoms with E-state index in [1.807, 2.05) is 6.07 Å². The molecule has 2 aromatic carbocycles. The molecule has 0 radical (unpaired) electrons.